The number of amides is 1. The van der Waals surface area contributed by atoms with Gasteiger partial charge in [0.25, 0.3) is 5.91 Å². The number of carbonyl (C=O) groups excluding carboxylic acids is 2. The van der Waals surface area contributed by atoms with Crippen molar-refractivity contribution in [1.82, 2.24) is 9.88 Å². The van der Waals surface area contributed by atoms with E-state index in [9.17, 15) is 14.9 Å². The summed E-state index contributed by atoms with van der Waals surface area (Å²) in [5.41, 5.74) is 2.03. The Morgan fingerprint density at radius 2 is 1.93 bits per heavy atom. The van der Waals surface area contributed by atoms with E-state index < -0.39 is 5.41 Å². The minimum atomic E-state index is -0.921. The summed E-state index contributed by atoms with van der Waals surface area (Å²) < 4.78 is 0. The standard InChI is InChI=1S/C23H22N4O2/c1-22(2)10-17-19(21(29)27(22)4)23(3,15-8-6-5-7-9-15)18-16(11-24)14(13-28)12-25-20(18)26-17/h5-9,12-13H,10H2,1-4H3,(H,25,26). The maximum Gasteiger partial charge on any atom is 0.252 e. The van der Waals surface area contributed by atoms with Crippen molar-refractivity contribution in [2.45, 2.75) is 38.1 Å². The van der Waals surface area contributed by atoms with Crippen LogP contribution in [0.5, 0.6) is 0 Å². The van der Waals surface area contributed by atoms with Crippen molar-refractivity contribution < 1.29 is 9.59 Å². The van der Waals surface area contributed by atoms with Crippen LogP contribution in [0.25, 0.3) is 0 Å². The zero-order chi connectivity index (χ0) is 21.0. The van der Waals surface area contributed by atoms with Crippen molar-refractivity contribution >= 4 is 18.0 Å². The minimum Gasteiger partial charge on any atom is -0.343 e. The summed E-state index contributed by atoms with van der Waals surface area (Å²) in [6.07, 6.45) is 2.68. The molecular weight excluding hydrogens is 364 g/mol. The van der Waals surface area contributed by atoms with Crippen LogP contribution in [-0.2, 0) is 10.2 Å². The number of pyridine rings is 1. The molecule has 2 aliphatic rings. The summed E-state index contributed by atoms with van der Waals surface area (Å²) in [6, 6.07) is 11.8. The quantitative estimate of drug-likeness (QED) is 0.800. The molecule has 2 aromatic rings. The fourth-order valence-corrected chi connectivity index (χ4v) is 4.48. The van der Waals surface area contributed by atoms with Crippen LogP contribution in [0.2, 0.25) is 0 Å². The van der Waals surface area contributed by atoms with Gasteiger partial charge in [-0.2, -0.15) is 5.26 Å². The number of carbonyl (C=O) groups is 2. The maximum atomic E-state index is 13.6. The largest absolute Gasteiger partial charge is 0.343 e. The van der Waals surface area contributed by atoms with Gasteiger partial charge in [-0.05, 0) is 26.3 Å². The number of aldehydes is 1. The van der Waals surface area contributed by atoms with E-state index in [0.717, 1.165) is 11.3 Å². The number of rotatable bonds is 2. The van der Waals surface area contributed by atoms with Crippen LogP contribution in [-0.4, -0.2) is 34.7 Å². The van der Waals surface area contributed by atoms with Crippen LogP contribution in [0.3, 0.4) is 0 Å². The molecule has 0 spiro atoms. The van der Waals surface area contributed by atoms with E-state index in [1.807, 2.05) is 51.1 Å². The van der Waals surface area contributed by atoms with Gasteiger partial charge in [-0.1, -0.05) is 30.3 Å². The van der Waals surface area contributed by atoms with Crippen molar-refractivity contribution in [2.75, 3.05) is 12.4 Å². The number of fused-ring (bicyclic) bond motifs is 1. The van der Waals surface area contributed by atoms with Crippen LogP contribution in [0, 0.1) is 11.3 Å². The smallest absolute Gasteiger partial charge is 0.252 e. The summed E-state index contributed by atoms with van der Waals surface area (Å²) in [5.74, 6) is 0.423. The van der Waals surface area contributed by atoms with Crippen LogP contribution in [0.15, 0.2) is 47.8 Å². The second kappa shape index (κ2) is 6.28. The molecule has 0 bridgehead atoms. The Bertz CT molecular complexity index is 1110. The Kier molecular flexibility index (Phi) is 4.09. The Morgan fingerprint density at radius 1 is 1.24 bits per heavy atom. The van der Waals surface area contributed by atoms with Crippen LogP contribution in [0.4, 0.5) is 5.82 Å². The molecular formula is C23H22N4O2. The van der Waals surface area contributed by atoms with E-state index in [1.165, 1.54) is 6.20 Å². The number of anilines is 1. The van der Waals surface area contributed by atoms with Gasteiger partial charge in [0.1, 0.15) is 11.9 Å². The topological polar surface area (TPSA) is 86.1 Å². The van der Waals surface area contributed by atoms with Crippen molar-refractivity contribution in [2.24, 2.45) is 0 Å². The lowest BCUT2D eigenvalue weighted by atomic mass is 9.64. The Labute approximate surface area is 169 Å². The van der Waals surface area contributed by atoms with Gasteiger partial charge in [-0.15, -0.1) is 0 Å². The lowest BCUT2D eigenvalue weighted by molar-refractivity contribution is -0.132. The molecule has 6 nitrogen and oxygen atoms in total. The molecule has 1 aromatic carbocycles. The molecule has 1 amide bonds. The average Bonchev–Trinajstić information content (AvgIpc) is 2.71. The fourth-order valence-electron chi connectivity index (χ4n) is 4.48. The van der Waals surface area contributed by atoms with Crippen molar-refractivity contribution in [1.29, 1.82) is 5.26 Å². The number of likely N-dealkylation sites (N-methyl/N-ethyl adjacent to an activating group) is 1. The molecule has 2 aliphatic heterocycles. The van der Waals surface area contributed by atoms with E-state index in [1.54, 1.807) is 11.9 Å². The molecule has 0 aliphatic carbocycles. The van der Waals surface area contributed by atoms with Crippen LogP contribution < -0.4 is 5.32 Å². The molecule has 29 heavy (non-hydrogen) atoms. The van der Waals surface area contributed by atoms with Crippen LogP contribution >= 0.6 is 0 Å². The lowest BCUT2D eigenvalue weighted by Gasteiger charge is -2.49. The van der Waals surface area contributed by atoms with Gasteiger partial charge in [0.15, 0.2) is 6.29 Å². The second-order valence-electron chi connectivity index (χ2n) is 8.36. The third kappa shape index (κ3) is 2.51. The molecule has 3 heterocycles. The minimum absolute atomic E-state index is 0.0962. The van der Waals surface area contributed by atoms with Gasteiger partial charge in [-0.25, -0.2) is 4.98 Å². The molecule has 1 aromatic heterocycles. The van der Waals surface area contributed by atoms with Gasteiger partial charge in [-0.3, -0.25) is 9.59 Å². The summed E-state index contributed by atoms with van der Waals surface area (Å²) in [6.45, 7) is 5.99. The number of nitrogens with one attached hydrogen (secondary N) is 1. The van der Waals surface area contributed by atoms with E-state index >= 15 is 0 Å². The predicted molar refractivity (Wildman–Crippen MR) is 109 cm³/mol. The average molecular weight is 386 g/mol. The third-order valence-electron chi connectivity index (χ3n) is 6.31. The first kappa shape index (κ1) is 18.9. The predicted octanol–water partition coefficient (Wildman–Crippen LogP) is 3.39. The number of aromatic nitrogens is 1. The first-order valence-corrected chi connectivity index (χ1v) is 9.48. The fraction of sp³-hybridized carbons (Fsp3) is 0.304. The highest BCUT2D eigenvalue weighted by molar-refractivity contribution is 6.02. The lowest BCUT2D eigenvalue weighted by Crippen LogP contribution is -2.54. The molecule has 0 saturated carbocycles. The van der Waals surface area contributed by atoms with Crippen molar-refractivity contribution in [3.63, 3.8) is 0 Å². The molecule has 0 fully saturated rings. The van der Waals surface area contributed by atoms with Gasteiger partial charge in [0.05, 0.1) is 22.1 Å². The molecule has 0 radical (unpaired) electrons. The molecule has 1 atom stereocenters. The Morgan fingerprint density at radius 3 is 2.55 bits per heavy atom. The van der Waals surface area contributed by atoms with E-state index in [0.29, 0.717) is 29.7 Å². The van der Waals surface area contributed by atoms with E-state index in [-0.39, 0.29) is 22.6 Å². The third-order valence-corrected chi connectivity index (χ3v) is 6.31. The molecule has 1 N–H and O–H groups in total. The highest BCUT2D eigenvalue weighted by atomic mass is 16.2. The number of nitriles is 1. The zero-order valence-corrected chi connectivity index (χ0v) is 16.9. The normalized spacial score (nSPS) is 22.3. The molecule has 6 heteroatoms. The SMILES string of the molecule is CN1C(=O)C2=C(CC1(C)C)Nc1ncc(C=O)c(C#N)c1C2(C)c1ccccc1. The first-order chi connectivity index (χ1) is 13.8. The Balaban J connectivity index is 2.12. The Hall–Kier alpha value is -3.46. The zero-order valence-electron chi connectivity index (χ0n) is 16.9. The van der Waals surface area contributed by atoms with Crippen molar-refractivity contribution in [3.8, 4) is 6.07 Å². The summed E-state index contributed by atoms with van der Waals surface area (Å²) in [7, 11) is 1.80. The number of nitrogens with zero attached hydrogens (tertiary/aromatic N) is 3. The van der Waals surface area contributed by atoms with E-state index in [4.69, 9.17) is 0 Å². The molecule has 4 rings (SSSR count). The number of benzene rings is 1. The van der Waals surface area contributed by atoms with Crippen molar-refractivity contribution in [3.05, 3.63) is 70.1 Å². The summed E-state index contributed by atoms with van der Waals surface area (Å²) in [5, 5.41) is 13.2. The second-order valence-corrected chi connectivity index (χ2v) is 8.36. The summed E-state index contributed by atoms with van der Waals surface area (Å²) >= 11 is 0. The van der Waals surface area contributed by atoms with Gasteiger partial charge in [0, 0.05) is 36.5 Å². The van der Waals surface area contributed by atoms with E-state index in [2.05, 4.69) is 16.4 Å². The highest BCUT2D eigenvalue weighted by Gasteiger charge is 2.51. The molecule has 0 saturated heterocycles. The molecule has 146 valence electrons. The highest BCUT2D eigenvalue weighted by Crippen LogP contribution is 2.51. The van der Waals surface area contributed by atoms with Gasteiger partial charge in [0.2, 0.25) is 0 Å². The maximum absolute atomic E-state index is 13.6. The first-order valence-electron chi connectivity index (χ1n) is 9.48. The number of hydrogen-bond donors (Lipinski definition) is 1. The van der Waals surface area contributed by atoms with Gasteiger partial charge < -0.3 is 10.2 Å². The monoisotopic (exact) mass is 386 g/mol. The number of hydrogen-bond acceptors (Lipinski definition) is 5. The summed E-state index contributed by atoms with van der Waals surface area (Å²) in [4.78, 5) is 31.4. The van der Waals surface area contributed by atoms with Crippen LogP contribution in [0.1, 0.15) is 54.2 Å². The van der Waals surface area contributed by atoms with Gasteiger partial charge >= 0.3 is 0 Å². The molecule has 1 unspecified atom stereocenters.